The van der Waals surface area contributed by atoms with E-state index < -0.39 is 11.4 Å². The standard InChI is InChI=1S/C13H16N4O2S/c14-3-1-2-9-6-13(9,11(18)19)10-7-17(8-16-10)12-15-4-5-20-12/h4-5,7-9H,1-3,6,14H2,(H,18,19)/t9-,13+/m0/s1. The van der Waals surface area contributed by atoms with Crippen molar-refractivity contribution in [2.45, 2.75) is 24.7 Å². The SMILES string of the molecule is NCCC[C@H]1C[C@]1(C(=O)O)c1cn(-c2nccs2)cn1. The van der Waals surface area contributed by atoms with E-state index in [0.717, 1.165) is 18.0 Å². The largest absolute Gasteiger partial charge is 0.481 e. The van der Waals surface area contributed by atoms with Gasteiger partial charge in [-0.15, -0.1) is 11.3 Å². The third-order valence-electron chi connectivity index (χ3n) is 3.92. The Morgan fingerprint density at radius 3 is 3.10 bits per heavy atom. The number of aliphatic carboxylic acids is 1. The number of hydrogen-bond donors (Lipinski definition) is 2. The monoisotopic (exact) mass is 292 g/mol. The molecular weight excluding hydrogens is 276 g/mol. The number of nitrogens with zero attached hydrogens (tertiary/aromatic N) is 3. The third-order valence-corrected chi connectivity index (χ3v) is 4.71. The molecule has 0 unspecified atom stereocenters. The highest BCUT2D eigenvalue weighted by molar-refractivity contribution is 7.12. The Morgan fingerprint density at radius 1 is 1.60 bits per heavy atom. The first kappa shape index (κ1) is 13.3. The summed E-state index contributed by atoms with van der Waals surface area (Å²) in [5.74, 6) is -0.646. The summed E-state index contributed by atoms with van der Waals surface area (Å²) in [5, 5.41) is 12.2. The molecule has 0 bridgehead atoms. The summed E-state index contributed by atoms with van der Waals surface area (Å²) in [4.78, 5) is 20.2. The molecule has 0 saturated heterocycles. The molecule has 1 fully saturated rings. The molecule has 1 saturated carbocycles. The Hall–Kier alpha value is -1.73. The molecule has 0 amide bonds. The highest BCUT2D eigenvalue weighted by Gasteiger charge is 2.62. The second-order valence-corrected chi connectivity index (χ2v) is 5.96. The van der Waals surface area contributed by atoms with Crippen LogP contribution in [0.5, 0.6) is 0 Å². The third kappa shape index (κ3) is 2.03. The molecule has 2 heterocycles. The van der Waals surface area contributed by atoms with Crippen molar-refractivity contribution in [1.82, 2.24) is 14.5 Å². The van der Waals surface area contributed by atoms with Crippen LogP contribution in [0, 0.1) is 5.92 Å². The van der Waals surface area contributed by atoms with Gasteiger partial charge in [-0.3, -0.25) is 9.36 Å². The van der Waals surface area contributed by atoms with Crippen molar-refractivity contribution in [3.8, 4) is 5.13 Å². The van der Waals surface area contributed by atoms with Gasteiger partial charge in [-0.25, -0.2) is 9.97 Å². The van der Waals surface area contributed by atoms with E-state index in [1.165, 1.54) is 11.3 Å². The number of aromatic nitrogens is 3. The lowest BCUT2D eigenvalue weighted by Gasteiger charge is -2.09. The molecule has 2 atom stereocenters. The molecule has 1 aliphatic rings. The zero-order valence-electron chi connectivity index (χ0n) is 10.9. The summed E-state index contributed by atoms with van der Waals surface area (Å²) in [5.41, 5.74) is 5.31. The van der Waals surface area contributed by atoms with Crippen LogP contribution in [0.1, 0.15) is 25.0 Å². The number of nitrogens with two attached hydrogens (primary N) is 1. The summed E-state index contributed by atoms with van der Waals surface area (Å²) < 4.78 is 1.78. The van der Waals surface area contributed by atoms with Crippen molar-refractivity contribution >= 4 is 17.3 Å². The molecule has 6 nitrogen and oxygen atoms in total. The van der Waals surface area contributed by atoms with Crippen LogP contribution in [-0.4, -0.2) is 32.2 Å². The van der Waals surface area contributed by atoms with E-state index in [1.807, 2.05) is 5.38 Å². The van der Waals surface area contributed by atoms with Gasteiger partial charge >= 0.3 is 5.97 Å². The minimum absolute atomic E-state index is 0.142. The fourth-order valence-corrected chi connectivity index (χ4v) is 3.32. The minimum atomic E-state index is -0.822. The first-order chi connectivity index (χ1) is 9.68. The number of carbonyl (C=O) groups is 1. The molecular formula is C13H16N4O2S. The minimum Gasteiger partial charge on any atom is -0.481 e. The molecule has 2 aromatic rings. The van der Waals surface area contributed by atoms with E-state index in [9.17, 15) is 9.90 Å². The number of hydrogen-bond acceptors (Lipinski definition) is 5. The number of thiazole rings is 1. The van der Waals surface area contributed by atoms with Crippen LogP contribution in [-0.2, 0) is 10.2 Å². The smallest absolute Gasteiger partial charge is 0.316 e. The van der Waals surface area contributed by atoms with E-state index in [1.54, 1.807) is 23.3 Å². The molecule has 3 rings (SSSR count). The van der Waals surface area contributed by atoms with E-state index in [4.69, 9.17) is 5.73 Å². The van der Waals surface area contributed by atoms with Gasteiger partial charge < -0.3 is 10.8 Å². The number of rotatable bonds is 6. The maximum atomic E-state index is 11.7. The highest BCUT2D eigenvalue weighted by Crippen LogP contribution is 2.56. The summed E-state index contributed by atoms with van der Waals surface area (Å²) in [6.07, 6.45) is 7.48. The van der Waals surface area contributed by atoms with E-state index in [0.29, 0.717) is 18.7 Å². The zero-order chi connectivity index (χ0) is 14.2. The lowest BCUT2D eigenvalue weighted by molar-refractivity contribution is -0.140. The predicted octanol–water partition coefficient (Wildman–Crippen LogP) is 1.41. The van der Waals surface area contributed by atoms with Crippen molar-refractivity contribution in [1.29, 1.82) is 0 Å². The number of imidazole rings is 1. The van der Waals surface area contributed by atoms with E-state index in [2.05, 4.69) is 9.97 Å². The first-order valence-corrected chi connectivity index (χ1v) is 7.44. The van der Waals surface area contributed by atoms with Crippen LogP contribution in [0.4, 0.5) is 0 Å². The van der Waals surface area contributed by atoms with Gasteiger partial charge in [0, 0.05) is 17.8 Å². The van der Waals surface area contributed by atoms with Crippen LogP contribution in [0.15, 0.2) is 24.1 Å². The molecule has 0 radical (unpaired) electrons. The molecule has 20 heavy (non-hydrogen) atoms. The van der Waals surface area contributed by atoms with Crippen molar-refractivity contribution in [2.75, 3.05) is 6.54 Å². The topological polar surface area (TPSA) is 94.0 Å². The van der Waals surface area contributed by atoms with Crippen molar-refractivity contribution in [2.24, 2.45) is 11.7 Å². The average molecular weight is 292 g/mol. The molecule has 3 N–H and O–H groups in total. The molecule has 2 aromatic heterocycles. The summed E-state index contributed by atoms with van der Waals surface area (Å²) >= 11 is 1.49. The first-order valence-electron chi connectivity index (χ1n) is 6.56. The van der Waals surface area contributed by atoms with Gasteiger partial charge in [-0.05, 0) is 31.7 Å². The summed E-state index contributed by atoms with van der Waals surface area (Å²) in [7, 11) is 0. The molecule has 0 aliphatic heterocycles. The van der Waals surface area contributed by atoms with Crippen molar-refractivity contribution in [3.05, 3.63) is 29.8 Å². The fourth-order valence-electron chi connectivity index (χ4n) is 2.73. The van der Waals surface area contributed by atoms with E-state index >= 15 is 0 Å². The highest BCUT2D eigenvalue weighted by atomic mass is 32.1. The van der Waals surface area contributed by atoms with Gasteiger partial charge in [0.05, 0.1) is 5.69 Å². The Balaban J connectivity index is 1.85. The quantitative estimate of drug-likeness (QED) is 0.839. The normalized spacial score (nSPS) is 24.8. The number of carboxylic acids is 1. The molecule has 106 valence electrons. The average Bonchev–Trinajstić information content (AvgIpc) is 2.87. The Morgan fingerprint density at radius 2 is 2.45 bits per heavy atom. The predicted molar refractivity (Wildman–Crippen MR) is 74.9 cm³/mol. The zero-order valence-corrected chi connectivity index (χ0v) is 11.7. The van der Waals surface area contributed by atoms with Crippen LogP contribution >= 0.6 is 11.3 Å². The second kappa shape index (κ2) is 4.99. The molecule has 7 heteroatoms. The lowest BCUT2D eigenvalue weighted by Crippen LogP contribution is -2.23. The molecule has 0 aromatic carbocycles. The van der Waals surface area contributed by atoms with Gasteiger partial charge in [0.15, 0.2) is 5.13 Å². The maximum Gasteiger partial charge on any atom is 0.316 e. The van der Waals surface area contributed by atoms with Crippen LogP contribution in [0.3, 0.4) is 0 Å². The van der Waals surface area contributed by atoms with Crippen molar-refractivity contribution in [3.63, 3.8) is 0 Å². The second-order valence-electron chi connectivity index (χ2n) is 5.09. The van der Waals surface area contributed by atoms with Crippen LogP contribution in [0.2, 0.25) is 0 Å². The summed E-state index contributed by atoms with van der Waals surface area (Å²) in [6, 6.07) is 0. The Labute approximate surface area is 120 Å². The van der Waals surface area contributed by atoms with Gasteiger partial charge in [-0.2, -0.15) is 0 Å². The van der Waals surface area contributed by atoms with Crippen LogP contribution < -0.4 is 5.73 Å². The number of carboxylic acid groups (broad SMARTS) is 1. The molecule has 1 aliphatic carbocycles. The Kier molecular flexibility index (Phi) is 3.31. The maximum absolute atomic E-state index is 11.7. The van der Waals surface area contributed by atoms with Crippen molar-refractivity contribution < 1.29 is 9.90 Å². The van der Waals surface area contributed by atoms with Gasteiger partial charge in [0.25, 0.3) is 0 Å². The van der Waals surface area contributed by atoms with Gasteiger partial charge in [-0.1, -0.05) is 0 Å². The lowest BCUT2D eigenvalue weighted by atomic mass is 9.98. The van der Waals surface area contributed by atoms with Gasteiger partial charge in [0.2, 0.25) is 0 Å². The van der Waals surface area contributed by atoms with E-state index in [-0.39, 0.29) is 5.92 Å². The molecule has 0 spiro atoms. The van der Waals surface area contributed by atoms with Gasteiger partial charge in [0.1, 0.15) is 11.7 Å². The summed E-state index contributed by atoms with van der Waals surface area (Å²) in [6.45, 7) is 0.597. The Bertz CT molecular complexity index is 610. The fraction of sp³-hybridized carbons (Fsp3) is 0.462. The van der Waals surface area contributed by atoms with Crippen LogP contribution in [0.25, 0.3) is 5.13 Å².